The number of hydrogen-bond donors (Lipinski definition) is 2. The van der Waals surface area contributed by atoms with Crippen molar-refractivity contribution in [1.29, 1.82) is 0 Å². The van der Waals surface area contributed by atoms with Gasteiger partial charge in [0.05, 0.1) is 11.2 Å². The molecule has 1 heterocycles. The summed E-state index contributed by atoms with van der Waals surface area (Å²) in [5.74, 6) is 0.999. The maximum atomic E-state index is 11.2. The molecule has 0 aromatic carbocycles. The molecule has 1 unspecified atom stereocenters. The van der Waals surface area contributed by atoms with Crippen molar-refractivity contribution in [2.24, 2.45) is 0 Å². The second kappa shape index (κ2) is 5.34. The van der Waals surface area contributed by atoms with Gasteiger partial charge in [-0.25, -0.2) is 9.48 Å². The molecular weight excluding hydrogens is 256 g/mol. The number of amides is 1. The SMILES string of the molecule is CNC(=O)O[C@H]1CCC(c2cc(N)n(C(C)(C)C)n2)C1. The summed E-state index contributed by atoms with van der Waals surface area (Å²) >= 11 is 0. The molecule has 112 valence electrons. The first-order valence-corrected chi connectivity index (χ1v) is 7.05. The van der Waals surface area contributed by atoms with Crippen LogP contribution in [0.15, 0.2) is 6.07 Å². The summed E-state index contributed by atoms with van der Waals surface area (Å²) in [6, 6.07) is 1.94. The van der Waals surface area contributed by atoms with Crippen LogP contribution in [0.2, 0.25) is 0 Å². The number of nitrogens with two attached hydrogens (primary N) is 1. The zero-order valence-corrected chi connectivity index (χ0v) is 12.6. The number of alkyl carbamates (subject to hydrolysis) is 1. The Labute approximate surface area is 119 Å². The average molecular weight is 280 g/mol. The topological polar surface area (TPSA) is 82.2 Å². The van der Waals surface area contributed by atoms with Crippen LogP contribution in [0.1, 0.15) is 51.6 Å². The van der Waals surface area contributed by atoms with E-state index in [0.29, 0.717) is 11.7 Å². The maximum absolute atomic E-state index is 11.2. The Morgan fingerprint density at radius 1 is 1.50 bits per heavy atom. The van der Waals surface area contributed by atoms with Crippen molar-refractivity contribution in [2.45, 2.75) is 57.6 Å². The van der Waals surface area contributed by atoms with Gasteiger partial charge in [0.25, 0.3) is 0 Å². The molecule has 6 nitrogen and oxygen atoms in total. The molecule has 1 aromatic heterocycles. The Balaban J connectivity index is 2.05. The van der Waals surface area contributed by atoms with Crippen molar-refractivity contribution in [2.75, 3.05) is 12.8 Å². The standard InChI is InChI=1S/C14H24N4O2/c1-14(2,3)18-12(15)8-11(17-18)9-5-6-10(7-9)20-13(19)16-4/h8-10H,5-7,15H2,1-4H3,(H,16,19)/t9?,10-/m0/s1. The number of nitrogens with one attached hydrogen (secondary N) is 1. The number of rotatable bonds is 2. The minimum atomic E-state index is -0.365. The van der Waals surface area contributed by atoms with Crippen LogP contribution in [0.5, 0.6) is 0 Å². The summed E-state index contributed by atoms with van der Waals surface area (Å²) in [7, 11) is 1.57. The van der Waals surface area contributed by atoms with Crippen LogP contribution >= 0.6 is 0 Å². The van der Waals surface area contributed by atoms with Gasteiger partial charge in [-0.1, -0.05) is 0 Å². The molecule has 20 heavy (non-hydrogen) atoms. The third kappa shape index (κ3) is 3.05. The van der Waals surface area contributed by atoms with E-state index in [1.807, 2.05) is 10.7 Å². The second-order valence-corrected chi connectivity index (χ2v) is 6.36. The van der Waals surface area contributed by atoms with Gasteiger partial charge in [-0.05, 0) is 40.0 Å². The number of hydrogen-bond acceptors (Lipinski definition) is 4. The first-order chi connectivity index (χ1) is 9.31. The number of carbonyl (C=O) groups is 1. The fourth-order valence-corrected chi connectivity index (χ4v) is 2.68. The molecule has 2 rings (SSSR count). The highest BCUT2D eigenvalue weighted by Crippen LogP contribution is 2.36. The van der Waals surface area contributed by atoms with Gasteiger partial charge in [-0.15, -0.1) is 0 Å². The van der Waals surface area contributed by atoms with Gasteiger partial charge in [-0.3, -0.25) is 0 Å². The minimum absolute atomic E-state index is 0.0269. The Bertz CT molecular complexity index is 490. The first kappa shape index (κ1) is 14.7. The molecule has 1 fully saturated rings. The van der Waals surface area contributed by atoms with Crippen molar-refractivity contribution in [3.63, 3.8) is 0 Å². The number of ether oxygens (including phenoxy) is 1. The third-order valence-corrected chi connectivity index (χ3v) is 3.67. The summed E-state index contributed by atoms with van der Waals surface area (Å²) in [5, 5.41) is 7.11. The first-order valence-electron chi connectivity index (χ1n) is 7.05. The van der Waals surface area contributed by atoms with Gasteiger partial charge in [0.15, 0.2) is 0 Å². The van der Waals surface area contributed by atoms with Crippen molar-refractivity contribution in [3.05, 3.63) is 11.8 Å². The van der Waals surface area contributed by atoms with Crippen molar-refractivity contribution in [3.8, 4) is 0 Å². The van der Waals surface area contributed by atoms with E-state index in [1.165, 1.54) is 0 Å². The fourth-order valence-electron chi connectivity index (χ4n) is 2.68. The van der Waals surface area contributed by atoms with Crippen LogP contribution in [0.4, 0.5) is 10.6 Å². The van der Waals surface area contributed by atoms with E-state index in [0.717, 1.165) is 25.0 Å². The molecule has 0 bridgehead atoms. The number of anilines is 1. The van der Waals surface area contributed by atoms with Gasteiger partial charge >= 0.3 is 6.09 Å². The largest absolute Gasteiger partial charge is 0.446 e. The van der Waals surface area contributed by atoms with E-state index in [-0.39, 0.29) is 17.7 Å². The Morgan fingerprint density at radius 2 is 2.20 bits per heavy atom. The Kier molecular flexibility index (Phi) is 3.92. The molecule has 2 atom stereocenters. The van der Waals surface area contributed by atoms with Crippen LogP contribution in [-0.2, 0) is 10.3 Å². The highest BCUT2D eigenvalue weighted by Gasteiger charge is 2.31. The predicted octanol–water partition coefficient (Wildman–Crippen LogP) is 2.21. The normalized spacial score (nSPS) is 22.8. The average Bonchev–Trinajstić information content (AvgIpc) is 2.94. The maximum Gasteiger partial charge on any atom is 0.407 e. The number of nitrogen functional groups attached to an aromatic ring is 1. The molecule has 1 amide bonds. The lowest BCUT2D eigenvalue weighted by atomic mass is 10.0. The van der Waals surface area contributed by atoms with Crippen LogP contribution in [0, 0.1) is 0 Å². The molecule has 1 aromatic rings. The molecule has 0 saturated heterocycles. The van der Waals surface area contributed by atoms with E-state index in [9.17, 15) is 4.79 Å². The van der Waals surface area contributed by atoms with E-state index < -0.39 is 0 Å². The summed E-state index contributed by atoms with van der Waals surface area (Å²) in [4.78, 5) is 11.2. The van der Waals surface area contributed by atoms with Crippen molar-refractivity contribution >= 4 is 11.9 Å². The van der Waals surface area contributed by atoms with E-state index >= 15 is 0 Å². The lowest BCUT2D eigenvalue weighted by molar-refractivity contribution is 0.102. The summed E-state index contributed by atoms with van der Waals surface area (Å²) < 4.78 is 7.16. The molecule has 1 saturated carbocycles. The number of nitrogens with zero attached hydrogens (tertiary/aromatic N) is 2. The van der Waals surface area contributed by atoms with Gasteiger partial charge in [0.1, 0.15) is 11.9 Å². The molecule has 6 heteroatoms. The van der Waals surface area contributed by atoms with Gasteiger partial charge < -0.3 is 15.8 Å². The number of aromatic nitrogens is 2. The summed E-state index contributed by atoms with van der Waals surface area (Å²) in [6.45, 7) is 6.23. The molecule has 0 aliphatic heterocycles. The molecule has 3 N–H and O–H groups in total. The molecule has 1 aliphatic carbocycles. The van der Waals surface area contributed by atoms with Crippen molar-refractivity contribution < 1.29 is 9.53 Å². The lowest BCUT2D eigenvalue weighted by Gasteiger charge is -2.20. The van der Waals surface area contributed by atoms with Crippen molar-refractivity contribution in [1.82, 2.24) is 15.1 Å². The molecule has 0 spiro atoms. The molecular formula is C14H24N4O2. The van der Waals surface area contributed by atoms with Gasteiger partial charge in [0, 0.05) is 19.0 Å². The zero-order chi connectivity index (χ0) is 14.9. The van der Waals surface area contributed by atoms with Gasteiger partial charge in [-0.2, -0.15) is 5.10 Å². The van der Waals surface area contributed by atoms with Crippen LogP contribution in [0.25, 0.3) is 0 Å². The quantitative estimate of drug-likeness (QED) is 0.870. The second-order valence-electron chi connectivity index (χ2n) is 6.36. The Morgan fingerprint density at radius 3 is 2.75 bits per heavy atom. The highest BCUT2D eigenvalue weighted by atomic mass is 16.6. The molecule has 1 aliphatic rings. The van der Waals surface area contributed by atoms with Crippen LogP contribution in [-0.4, -0.2) is 29.0 Å². The van der Waals surface area contributed by atoms with Crippen LogP contribution in [0.3, 0.4) is 0 Å². The summed E-state index contributed by atoms with van der Waals surface area (Å²) in [6.07, 6.45) is 2.27. The Hall–Kier alpha value is -1.72. The zero-order valence-electron chi connectivity index (χ0n) is 12.6. The monoisotopic (exact) mass is 280 g/mol. The molecule has 0 radical (unpaired) electrons. The summed E-state index contributed by atoms with van der Waals surface area (Å²) in [5.41, 5.74) is 6.91. The lowest BCUT2D eigenvalue weighted by Crippen LogP contribution is -2.25. The van der Waals surface area contributed by atoms with E-state index in [4.69, 9.17) is 10.5 Å². The van der Waals surface area contributed by atoms with Gasteiger partial charge in [0.2, 0.25) is 0 Å². The van der Waals surface area contributed by atoms with E-state index in [1.54, 1.807) is 7.05 Å². The smallest absolute Gasteiger partial charge is 0.407 e. The van der Waals surface area contributed by atoms with Crippen LogP contribution < -0.4 is 11.1 Å². The van der Waals surface area contributed by atoms with E-state index in [2.05, 4.69) is 31.2 Å². The third-order valence-electron chi connectivity index (χ3n) is 3.67. The fraction of sp³-hybridized carbons (Fsp3) is 0.714. The highest BCUT2D eigenvalue weighted by molar-refractivity contribution is 5.66. The number of carbonyl (C=O) groups excluding carboxylic acids is 1. The predicted molar refractivity (Wildman–Crippen MR) is 77.6 cm³/mol. The minimum Gasteiger partial charge on any atom is -0.446 e.